The lowest BCUT2D eigenvalue weighted by Gasteiger charge is -2.36. The van der Waals surface area contributed by atoms with Gasteiger partial charge in [0, 0.05) is 18.1 Å². The van der Waals surface area contributed by atoms with Gasteiger partial charge in [0.25, 0.3) is 0 Å². The van der Waals surface area contributed by atoms with Crippen LogP contribution >= 0.6 is 0 Å². The zero-order valence-corrected chi connectivity index (χ0v) is 8.85. The van der Waals surface area contributed by atoms with E-state index in [9.17, 15) is 0 Å². The van der Waals surface area contributed by atoms with Gasteiger partial charge in [0.05, 0.1) is 0 Å². The van der Waals surface area contributed by atoms with Crippen LogP contribution in [0.4, 0.5) is 0 Å². The van der Waals surface area contributed by atoms with Crippen LogP contribution in [0.25, 0.3) is 0 Å². The summed E-state index contributed by atoms with van der Waals surface area (Å²) in [4.78, 5) is 2.28. The van der Waals surface area contributed by atoms with Crippen LogP contribution < -0.4 is 5.32 Å². The molecule has 1 aliphatic carbocycles. The first-order valence-electron chi connectivity index (χ1n) is 4.93. The van der Waals surface area contributed by atoms with Gasteiger partial charge < -0.3 is 10.2 Å². The van der Waals surface area contributed by atoms with Crippen molar-refractivity contribution < 1.29 is 0 Å². The molecule has 0 radical (unpaired) electrons. The monoisotopic (exact) mass is 170 g/mol. The van der Waals surface area contributed by atoms with Gasteiger partial charge in [-0.2, -0.15) is 0 Å². The molecule has 1 fully saturated rings. The molecule has 0 saturated heterocycles. The van der Waals surface area contributed by atoms with E-state index in [1.54, 1.807) is 0 Å². The van der Waals surface area contributed by atoms with Crippen molar-refractivity contribution in [1.82, 2.24) is 10.2 Å². The zero-order chi connectivity index (χ0) is 9.19. The van der Waals surface area contributed by atoms with Crippen LogP contribution in [0.5, 0.6) is 0 Å². The third-order valence-corrected chi connectivity index (χ3v) is 3.14. The molecule has 1 aliphatic rings. The topological polar surface area (TPSA) is 15.3 Å². The van der Waals surface area contributed by atoms with Crippen molar-refractivity contribution in [2.75, 3.05) is 20.6 Å². The number of nitrogens with one attached hydrogen (secondary N) is 1. The Bertz CT molecular complexity index is 137. The molecule has 0 aromatic heterocycles. The molecule has 0 heterocycles. The second kappa shape index (κ2) is 3.75. The first-order valence-corrected chi connectivity index (χ1v) is 4.93. The normalized spacial score (nSPS) is 19.8. The van der Waals surface area contributed by atoms with Gasteiger partial charge in [0.15, 0.2) is 0 Å². The molecular weight excluding hydrogens is 148 g/mol. The molecule has 0 unspecified atom stereocenters. The summed E-state index contributed by atoms with van der Waals surface area (Å²) in [5.74, 6) is 0. The Labute approximate surface area is 76.3 Å². The predicted molar refractivity (Wildman–Crippen MR) is 53.4 cm³/mol. The minimum Gasteiger partial charge on any atom is -0.312 e. The van der Waals surface area contributed by atoms with E-state index in [4.69, 9.17) is 0 Å². The second-order valence-corrected chi connectivity index (χ2v) is 4.72. The van der Waals surface area contributed by atoms with Gasteiger partial charge in [-0.25, -0.2) is 0 Å². The van der Waals surface area contributed by atoms with Crippen molar-refractivity contribution in [3.63, 3.8) is 0 Å². The summed E-state index contributed by atoms with van der Waals surface area (Å²) in [6.07, 6.45) is 4.17. The molecule has 0 atom stereocenters. The molecule has 0 bridgehead atoms. The smallest absolute Gasteiger partial charge is 0.0271 e. The molecule has 12 heavy (non-hydrogen) atoms. The lowest BCUT2D eigenvalue weighted by atomic mass is 9.92. The van der Waals surface area contributed by atoms with Gasteiger partial charge in [-0.05, 0) is 40.8 Å². The molecule has 0 amide bonds. The summed E-state index contributed by atoms with van der Waals surface area (Å²) in [6, 6.07) is 0.809. The average Bonchev–Trinajstić information content (AvgIpc) is 1.83. The van der Waals surface area contributed by atoms with E-state index in [1.807, 2.05) is 0 Å². The van der Waals surface area contributed by atoms with E-state index in [-0.39, 0.29) is 5.54 Å². The number of likely N-dealkylation sites (N-methyl/N-ethyl adjacent to an activating group) is 1. The van der Waals surface area contributed by atoms with Crippen molar-refractivity contribution in [3.05, 3.63) is 0 Å². The van der Waals surface area contributed by atoms with Crippen molar-refractivity contribution in [3.8, 4) is 0 Å². The Morgan fingerprint density at radius 2 is 1.92 bits per heavy atom. The highest BCUT2D eigenvalue weighted by Crippen LogP contribution is 2.19. The van der Waals surface area contributed by atoms with E-state index in [1.165, 1.54) is 19.3 Å². The predicted octanol–water partition coefficient (Wildman–Crippen LogP) is 1.47. The molecule has 1 N–H and O–H groups in total. The maximum absolute atomic E-state index is 3.60. The molecule has 0 aliphatic heterocycles. The number of hydrogen-bond acceptors (Lipinski definition) is 2. The SMILES string of the molecule is CN(C)C(C)(C)CNC1CCC1. The van der Waals surface area contributed by atoms with Crippen molar-refractivity contribution >= 4 is 0 Å². The number of hydrogen-bond donors (Lipinski definition) is 1. The van der Waals surface area contributed by atoms with Gasteiger partial charge in [0.1, 0.15) is 0 Å². The summed E-state index contributed by atoms with van der Waals surface area (Å²) in [6.45, 7) is 5.65. The van der Waals surface area contributed by atoms with Crippen molar-refractivity contribution in [1.29, 1.82) is 0 Å². The van der Waals surface area contributed by atoms with E-state index < -0.39 is 0 Å². The Morgan fingerprint density at radius 1 is 1.33 bits per heavy atom. The third kappa shape index (κ3) is 2.46. The molecule has 1 saturated carbocycles. The first kappa shape index (κ1) is 10.0. The molecule has 0 aromatic carbocycles. The lowest BCUT2D eigenvalue weighted by Crippen LogP contribution is -2.50. The van der Waals surface area contributed by atoms with E-state index >= 15 is 0 Å². The highest BCUT2D eigenvalue weighted by molar-refractivity contribution is 4.84. The molecule has 2 nitrogen and oxygen atoms in total. The van der Waals surface area contributed by atoms with E-state index in [0.717, 1.165) is 12.6 Å². The lowest BCUT2D eigenvalue weighted by molar-refractivity contribution is 0.173. The van der Waals surface area contributed by atoms with E-state index in [2.05, 4.69) is 38.2 Å². The summed E-state index contributed by atoms with van der Waals surface area (Å²) < 4.78 is 0. The second-order valence-electron chi connectivity index (χ2n) is 4.72. The molecule has 2 heteroatoms. The fraction of sp³-hybridized carbons (Fsp3) is 1.00. The average molecular weight is 170 g/mol. The standard InChI is InChI=1S/C10H22N2/c1-10(2,12(3)4)8-11-9-6-5-7-9/h9,11H,5-8H2,1-4H3. The minimum atomic E-state index is 0.287. The van der Waals surface area contributed by atoms with Gasteiger partial charge in [-0.1, -0.05) is 6.42 Å². The quantitative estimate of drug-likeness (QED) is 0.687. The molecule has 0 aromatic rings. The van der Waals surface area contributed by atoms with Crippen LogP contribution in [-0.2, 0) is 0 Å². The maximum Gasteiger partial charge on any atom is 0.0271 e. The van der Waals surface area contributed by atoms with Crippen LogP contribution in [0.3, 0.4) is 0 Å². The maximum atomic E-state index is 3.60. The Morgan fingerprint density at radius 3 is 2.25 bits per heavy atom. The first-order chi connectivity index (χ1) is 5.52. The summed E-state index contributed by atoms with van der Waals surface area (Å²) in [5, 5.41) is 3.60. The number of nitrogens with zero attached hydrogens (tertiary/aromatic N) is 1. The van der Waals surface area contributed by atoms with Gasteiger partial charge in [-0.15, -0.1) is 0 Å². The van der Waals surface area contributed by atoms with Crippen LogP contribution in [-0.4, -0.2) is 37.1 Å². The van der Waals surface area contributed by atoms with Crippen LogP contribution in [0.2, 0.25) is 0 Å². The fourth-order valence-electron chi connectivity index (χ4n) is 1.16. The van der Waals surface area contributed by atoms with Gasteiger partial charge >= 0.3 is 0 Å². The Balaban J connectivity index is 2.19. The van der Waals surface area contributed by atoms with Crippen molar-refractivity contribution in [2.24, 2.45) is 0 Å². The molecule has 1 rings (SSSR count). The Kier molecular flexibility index (Phi) is 3.13. The third-order valence-electron chi connectivity index (χ3n) is 3.14. The molecule has 72 valence electrons. The largest absolute Gasteiger partial charge is 0.312 e. The molecule has 0 spiro atoms. The van der Waals surface area contributed by atoms with Gasteiger partial charge in [0.2, 0.25) is 0 Å². The summed E-state index contributed by atoms with van der Waals surface area (Å²) in [7, 11) is 4.28. The highest BCUT2D eigenvalue weighted by atomic mass is 15.2. The van der Waals surface area contributed by atoms with E-state index in [0.29, 0.717) is 0 Å². The van der Waals surface area contributed by atoms with Gasteiger partial charge in [-0.3, -0.25) is 0 Å². The number of rotatable bonds is 4. The van der Waals surface area contributed by atoms with Crippen LogP contribution in [0, 0.1) is 0 Å². The zero-order valence-electron chi connectivity index (χ0n) is 8.85. The van der Waals surface area contributed by atoms with Crippen LogP contribution in [0.15, 0.2) is 0 Å². The summed E-state index contributed by atoms with van der Waals surface area (Å²) in [5.41, 5.74) is 0.287. The van der Waals surface area contributed by atoms with Crippen molar-refractivity contribution in [2.45, 2.75) is 44.7 Å². The molecular formula is C10H22N2. The fourth-order valence-corrected chi connectivity index (χ4v) is 1.16. The van der Waals surface area contributed by atoms with Crippen LogP contribution in [0.1, 0.15) is 33.1 Å². The highest BCUT2D eigenvalue weighted by Gasteiger charge is 2.23. The minimum absolute atomic E-state index is 0.287. The Hall–Kier alpha value is -0.0800. The summed E-state index contributed by atoms with van der Waals surface area (Å²) >= 11 is 0.